The number of unbranched alkanes of at least 4 members (excludes halogenated alkanes) is 1. The molecule has 0 atom stereocenters. The van der Waals surface area contributed by atoms with E-state index >= 15 is 0 Å². The maximum atomic E-state index is 12.5. The van der Waals surface area contributed by atoms with Crippen LogP contribution in [-0.2, 0) is 9.47 Å². The number of ether oxygens (including phenoxy) is 2. The Morgan fingerprint density at radius 3 is 2.30 bits per heavy atom. The van der Waals surface area contributed by atoms with Crippen molar-refractivity contribution in [3.63, 3.8) is 0 Å². The number of nitrogens with zero attached hydrogens (tertiary/aromatic N) is 1. The maximum Gasteiger partial charge on any atom is 0.261 e. The van der Waals surface area contributed by atoms with E-state index in [1.165, 1.54) is 4.90 Å². The highest BCUT2D eigenvalue weighted by atomic mass is 16.7. The topological polar surface area (TPSA) is 67.9 Å². The molecule has 0 aromatic heterocycles. The summed E-state index contributed by atoms with van der Waals surface area (Å²) in [6, 6.07) is 6.88. The second-order valence-corrected chi connectivity index (χ2v) is 5.88. The largest absolute Gasteiger partial charge is 0.345 e. The lowest BCUT2D eigenvalue weighted by Crippen LogP contribution is -2.52. The Bertz CT molecular complexity index is 561. The smallest absolute Gasteiger partial charge is 0.261 e. The summed E-state index contributed by atoms with van der Waals surface area (Å²) in [6.07, 6.45) is 2.16. The third kappa shape index (κ3) is 3.15. The van der Waals surface area contributed by atoms with E-state index < -0.39 is 5.79 Å². The minimum absolute atomic E-state index is 0.110. The second kappa shape index (κ2) is 6.78. The Hall–Kier alpha value is -1.76. The Kier molecular flexibility index (Phi) is 4.75. The highest BCUT2D eigenvalue weighted by Gasteiger charge is 2.44. The number of hydrogen-bond donors (Lipinski definition) is 1. The van der Waals surface area contributed by atoms with E-state index in [0.29, 0.717) is 30.9 Å². The fourth-order valence-corrected chi connectivity index (χ4v) is 2.95. The minimum Gasteiger partial charge on any atom is -0.345 e. The van der Waals surface area contributed by atoms with Crippen molar-refractivity contribution in [2.75, 3.05) is 32.8 Å². The van der Waals surface area contributed by atoms with Crippen LogP contribution in [0.1, 0.15) is 40.5 Å². The molecule has 2 amide bonds. The number of imide groups is 1. The van der Waals surface area contributed by atoms with Crippen LogP contribution < -0.4 is 5.32 Å². The lowest BCUT2D eigenvalue weighted by atomic mass is 10.1. The number of rotatable bonds is 7. The maximum absolute atomic E-state index is 12.5. The summed E-state index contributed by atoms with van der Waals surface area (Å²) < 4.78 is 11.5. The summed E-state index contributed by atoms with van der Waals surface area (Å²) in [5.41, 5.74) is 0.897. The van der Waals surface area contributed by atoms with Gasteiger partial charge in [0.2, 0.25) is 0 Å². The molecule has 2 heterocycles. The Morgan fingerprint density at radius 1 is 1.13 bits per heavy atom. The zero-order chi connectivity index (χ0) is 16.3. The molecule has 0 spiro atoms. The molecule has 0 saturated carbocycles. The van der Waals surface area contributed by atoms with Crippen molar-refractivity contribution in [2.45, 2.75) is 25.6 Å². The van der Waals surface area contributed by atoms with Crippen LogP contribution in [0.15, 0.2) is 24.3 Å². The number of carbonyl (C=O) groups is 2. The van der Waals surface area contributed by atoms with Crippen molar-refractivity contribution in [3.8, 4) is 0 Å². The summed E-state index contributed by atoms with van der Waals surface area (Å²) >= 11 is 0. The van der Waals surface area contributed by atoms with Gasteiger partial charge in [0.1, 0.15) is 0 Å². The van der Waals surface area contributed by atoms with Gasteiger partial charge in [-0.1, -0.05) is 25.5 Å². The zero-order valence-electron chi connectivity index (χ0n) is 13.3. The molecule has 0 aliphatic carbocycles. The number of amides is 2. The van der Waals surface area contributed by atoms with E-state index in [0.717, 1.165) is 19.4 Å². The Labute approximate surface area is 135 Å². The average Bonchev–Trinajstić information content (AvgIpc) is 3.12. The van der Waals surface area contributed by atoms with Crippen LogP contribution >= 0.6 is 0 Å². The highest BCUT2D eigenvalue weighted by Crippen LogP contribution is 2.27. The van der Waals surface area contributed by atoms with E-state index in [1.54, 1.807) is 24.3 Å². The highest BCUT2D eigenvalue weighted by molar-refractivity contribution is 6.21. The van der Waals surface area contributed by atoms with Crippen LogP contribution in [0.25, 0.3) is 0 Å². The molecule has 0 radical (unpaired) electrons. The van der Waals surface area contributed by atoms with Gasteiger partial charge in [0.15, 0.2) is 5.79 Å². The first kappa shape index (κ1) is 16.1. The zero-order valence-corrected chi connectivity index (χ0v) is 13.3. The van der Waals surface area contributed by atoms with Gasteiger partial charge in [0.25, 0.3) is 11.8 Å². The molecule has 3 rings (SSSR count). The minimum atomic E-state index is -0.943. The molecule has 2 aliphatic heterocycles. The van der Waals surface area contributed by atoms with Gasteiger partial charge in [0, 0.05) is 0 Å². The summed E-state index contributed by atoms with van der Waals surface area (Å²) in [4.78, 5) is 26.2. The number of benzene rings is 1. The van der Waals surface area contributed by atoms with Crippen LogP contribution in [0.2, 0.25) is 0 Å². The quantitative estimate of drug-likeness (QED) is 0.608. The van der Waals surface area contributed by atoms with E-state index in [-0.39, 0.29) is 18.4 Å². The van der Waals surface area contributed by atoms with Crippen LogP contribution in [0.3, 0.4) is 0 Å². The number of nitrogens with one attached hydrogen (secondary N) is 1. The third-order valence-electron chi connectivity index (χ3n) is 4.19. The average molecular weight is 318 g/mol. The molecular formula is C17H22N2O4. The Balaban J connectivity index is 1.71. The van der Waals surface area contributed by atoms with Gasteiger partial charge in [-0.25, -0.2) is 0 Å². The van der Waals surface area contributed by atoms with Crippen molar-refractivity contribution in [1.29, 1.82) is 0 Å². The lowest BCUT2D eigenvalue weighted by Gasteiger charge is -2.31. The van der Waals surface area contributed by atoms with Gasteiger partial charge in [-0.2, -0.15) is 0 Å². The van der Waals surface area contributed by atoms with Crippen LogP contribution in [-0.4, -0.2) is 55.3 Å². The monoisotopic (exact) mass is 318 g/mol. The molecule has 0 unspecified atom stereocenters. The van der Waals surface area contributed by atoms with E-state index in [4.69, 9.17) is 9.47 Å². The van der Waals surface area contributed by atoms with Crippen molar-refractivity contribution in [2.24, 2.45) is 0 Å². The van der Waals surface area contributed by atoms with Gasteiger partial charge in [0.05, 0.1) is 37.4 Å². The SMILES string of the molecule is CCCCNCC1(CN2C(=O)c3ccccc3C2=O)OCCO1. The first-order chi connectivity index (χ1) is 11.2. The molecule has 0 bridgehead atoms. The van der Waals surface area contributed by atoms with E-state index in [9.17, 15) is 9.59 Å². The van der Waals surface area contributed by atoms with Gasteiger partial charge >= 0.3 is 0 Å². The Morgan fingerprint density at radius 2 is 1.74 bits per heavy atom. The fourth-order valence-electron chi connectivity index (χ4n) is 2.95. The molecule has 1 aromatic carbocycles. The molecule has 2 aliphatic rings. The van der Waals surface area contributed by atoms with Gasteiger partial charge < -0.3 is 14.8 Å². The first-order valence-electron chi connectivity index (χ1n) is 8.11. The first-order valence-corrected chi connectivity index (χ1v) is 8.11. The molecule has 1 fully saturated rings. The summed E-state index contributed by atoms with van der Waals surface area (Å²) in [5, 5.41) is 3.29. The van der Waals surface area contributed by atoms with Crippen molar-refractivity contribution < 1.29 is 19.1 Å². The number of fused-ring (bicyclic) bond motifs is 1. The van der Waals surface area contributed by atoms with Gasteiger partial charge in [-0.05, 0) is 25.1 Å². The van der Waals surface area contributed by atoms with Gasteiger partial charge in [-0.3, -0.25) is 14.5 Å². The van der Waals surface area contributed by atoms with Crippen LogP contribution in [0.4, 0.5) is 0 Å². The van der Waals surface area contributed by atoms with Crippen LogP contribution in [0, 0.1) is 0 Å². The van der Waals surface area contributed by atoms with Crippen molar-refractivity contribution >= 4 is 11.8 Å². The predicted octanol–water partition coefficient (Wildman–Crippen LogP) is 1.42. The molecule has 6 heteroatoms. The van der Waals surface area contributed by atoms with Crippen molar-refractivity contribution in [3.05, 3.63) is 35.4 Å². The molecule has 1 N–H and O–H groups in total. The molecule has 23 heavy (non-hydrogen) atoms. The van der Waals surface area contributed by atoms with Crippen LogP contribution in [0.5, 0.6) is 0 Å². The molecular weight excluding hydrogens is 296 g/mol. The third-order valence-corrected chi connectivity index (χ3v) is 4.19. The number of carbonyl (C=O) groups excluding carboxylic acids is 2. The molecule has 6 nitrogen and oxygen atoms in total. The number of hydrogen-bond acceptors (Lipinski definition) is 5. The van der Waals surface area contributed by atoms with E-state index in [1.807, 2.05) is 0 Å². The standard InChI is InChI=1S/C17H22N2O4/c1-2-3-8-18-11-17(22-9-10-23-17)12-19-15(20)13-6-4-5-7-14(13)16(19)21/h4-7,18H,2-3,8-12H2,1H3. The normalized spacial score (nSPS) is 19.4. The molecule has 1 saturated heterocycles. The predicted molar refractivity (Wildman–Crippen MR) is 84.2 cm³/mol. The summed E-state index contributed by atoms with van der Waals surface area (Å²) in [7, 11) is 0. The second-order valence-electron chi connectivity index (χ2n) is 5.88. The summed E-state index contributed by atoms with van der Waals surface area (Å²) in [5.74, 6) is -1.50. The lowest BCUT2D eigenvalue weighted by molar-refractivity contribution is -0.158. The molecule has 124 valence electrons. The summed E-state index contributed by atoms with van der Waals surface area (Å²) in [6.45, 7) is 4.49. The van der Waals surface area contributed by atoms with Gasteiger partial charge in [-0.15, -0.1) is 0 Å². The fraction of sp³-hybridized carbons (Fsp3) is 0.529. The molecule has 1 aromatic rings. The van der Waals surface area contributed by atoms with Crippen molar-refractivity contribution in [1.82, 2.24) is 10.2 Å². The van der Waals surface area contributed by atoms with E-state index in [2.05, 4.69) is 12.2 Å².